The van der Waals surface area contributed by atoms with Gasteiger partial charge >= 0.3 is 0 Å². The fourth-order valence-electron chi connectivity index (χ4n) is 4.47. The van der Waals surface area contributed by atoms with Gasteiger partial charge in [0.25, 0.3) is 0 Å². The Balaban J connectivity index is 1.91. The first kappa shape index (κ1) is 31.0. The fourth-order valence-corrected chi connectivity index (χ4v) is 4.69. The smallest absolute Gasteiger partial charge is 0.243 e. The van der Waals surface area contributed by atoms with E-state index in [4.69, 9.17) is 21.1 Å². The highest BCUT2D eigenvalue weighted by Gasteiger charge is 2.31. The minimum Gasteiger partial charge on any atom is -0.490 e. The molecule has 0 aliphatic carbocycles. The second-order valence-electron chi connectivity index (χ2n) is 9.82. The van der Waals surface area contributed by atoms with E-state index in [2.05, 4.69) is 5.32 Å². The molecule has 0 fully saturated rings. The highest BCUT2D eigenvalue weighted by Crippen LogP contribution is 2.29. The summed E-state index contributed by atoms with van der Waals surface area (Å²) in [6, 6.07) is 22.3. The Bertz CT molecular complexity index is 1230. The van der Waals surface area contributed by atoms with Gasteiger partial charge in [-0.3, -0.25) is 9.59 Å². The van der Waals surface area contributed by atoms with Gasteiger partial charge in [-0.2, -0.15) is 0 Å². The van der Waals surface area contributed by atoms with Crippen molar-refractivity contribution in [2.24, 2.45) is 0 Å². The highest BCUT2D eigenvalue weighted by atomic mass is 35.5. The molecule has 0 spiro atoms. The number of nitrogens with zero attached hydrogens (tertiary/aromatic N) is 1. The lowest BCUT2D eigenvalue weighted by Gasteiger charge is -2.32. The molecule has 0 saturated carbocycles. The molecular formula is C33H41ClN2O4. The molecule has 40 heavy (non-hydrogen) atoms. The van der Waals surface area contributed by atoms with E-state index < -0.39 is 6.04 Å². The van der Waals surface area contributed by atoms with Crippen molar-refractivity contribution >= 4 is 23.4 Å². The first-order valence-corrected chi connectivity index (χ1v) is 14.5. The molecular weight excluding hydrogens is 524 g/mol. The van der Waals surface area contributed by atoms with Crippen LogP contribution in [0.5, 0.6) is 11.5 Å². The summed E-state index contributed by atoms with van der Waals surface area (Å²) >= 11 is 6.28. The van der Waals surface area contributed by atoms with Crippen LogP contribution < -0.4 is 14.8 Å². The zero-order valence-corrected chi connectivity index (χ0v) is 24.7. The first-order valence-electron chi connectivity index (χ1n) is 14.1. The van der Waals surface area contributed by atoms with Crippen LogP contribution in [0.3, 0.4) is 0 Å². The van der Waals surface area contributed by atoms with Gasteiger partial charge in [-0.15, -0.1) is 0 Å². The molecule has 0 bridgehead atoms. The second kappa shape index (κ2) is 15.9. The molecule has 1 N–H and O–H groups in total. The maximum Gasteiger partial charge on any atom is 0.243 e. The van der Waals surface area contributed by atoms with Crippen LogP contribution >= 0.6 is 11.6 Å². The van der Waals surface area contributed by atoms with Crippen LogP contribution in [0.2, 0.25) is 5.02 Å². The van der Waals surface area contributed by atoms with Gasteiger partial charge in [0, 0.05) is 30.5 Å². The maximum atomic E-state index is 13.9. The van der Waals surface area contributed by atoms with Crippen molar-refractivity contribution in [3.8, 4) is 11.5 Å². The lowest BCUT2D eigenvalue weighted by Crippen LogP contribution is -2.52. The van der Waals surface area contributed by atoms with Crippen LogP contribution in [-0.2, 0) is 29.0 Å². The van der Waals surface area contributed by atoms with Gasteiger partial charge in [0.05, 0.1) is 13.2 Å². The third-order valence-corrected chi connectivity index (χ3v) is 6.98. The van der Waals surface area contributed by atoms with E-state index in [0.29, 0.717) is 42.6 Å². The summed E-state index contributed by atoms with van der Waals surface area (Å²) < 4.78 is 11.5. The Kier molecular flexibility index (Phi) is 12.4. The molecule has 0 saturated heterocycles. The number of carbonyl (C=O) groups excluding carboxylic acids is 2. The van der Waals surface area contributed by atoms with Crippen LogP contribution in [0.15, 0.2) is 72.8 Å². The normalized spacial score (nSPS) is 12.3. The number of rotatable bonds is 15. The molecule has 7 heteroatoms. The summed E-state index contributed by atoms with van der Waals surface area (Å²) in [5, 5.41) is 3.70. The monoisotopic (exact) mass is 564 g/mol. The molecule has 0 aromatic heterocycles. The Morgan fingerprint density at radius 2 is 1.55 bits per heavy atom. The van der Waals surface area contributed by atoms with E-state index >= 15 is 0 Å². The SMILES string of the molecule is CCOc1ccc(CCC(=O)N(Cc2cccc(Cl)c2)[C@@H](Cc2ccccc2)C(=O)N[C@@H](C)CC)cc1OCC. The van der Waals surface area contributed by atoms with Crippen LogP contribution in [0.25, 0.3) is 0 Å². The lowest BCUT2D eigenvalue weighted by molar-refractivity contribution is -0.141. The quantitative estimate of drug-likeness (QED) is 0.225. The van der Waals surface area contributed by atoms with E-state index in [1.165, 1.54) is 0 Å². The molecule has 2 atom stereocenters. The molecule has 0 aliphatic rings. The number of hydrogen-bond donors (Lipinski definition) is 1. The zero-order valence-electron chi connectivity index (χ0n) is 24.0. The minimum atomic E-state index is -0.679. The predicted octanol–water partition coefficient (Wildman–Crippen LogP) is 6.62. The van der Waals surface area contributed by atoms with Crippen LogP contribution in [-0.4, -0.2) is 42.0 Å². The highest BCUT2D eigenvalue weighted by molar-refractivity contribution is 6.30. The Morgan fingerprint density at radius 1 is 0.850 bits per heavy atom. The molecule has 0 aliphatic heterocycles. The lowest BCUT2D eigenvalue weighted by atomic mass is 10.0. The number of carbonyl (C=O) groups is 2. The van der Waals surface area contributed by atoms with Gasteiger partial charge in [0.1, 0.15) is 6.04 Å². The molecule has 3 aromatic rings. The van der Waals surface area contributed by atoms with Crippen molar-refractivity contribution in [3.63, 3.8) is 0 Å². The first-order chi connectivity index (χ1) is 19.3. The molecule has 2 amide bonds. The summed E-state index contributed by atoms with van der Waals surface area (Å²) in [5.41, 5.74) is 2.82. The molecule has 214 valence electrons. The topological polar surface area (TPSA) is 67.9 Å². The van der Waals surface area contributed by atoms with Gasteiger partial charge in [-0.25, -0.2) is 0 Å². The maximum absolute atomic E-state index is 13.9. The van der Waals surface area contributed by atoms with E-state index in [1.807, 2.05) is 94.4 Å². The van der Waals surface area contributed by atoms with Crippen molar-refractivity contribution in [2.75, 3.05) is 13.2 Å². The van der Waals surface area contributed by atoms with Gasteiger partial charge in [-0.05, 0) is 74.6 Å². The summed E-state index contributed by atoms with van der Waals surface area (Å²) in [7, 11) is 0. The van der Waals surface area contributed by atoms with E-state index in [9.17, 15) is 9.59 Å². The molecule has 0 radical (unpaired) electrons. The van der Waals surface area contributed by atoms with Crippen LogP contribution in [0.1, 0.15) is 57.2 Å². The van der Waals surface area contributed by atoms with Crippen molar-refractivity contribution in [2.45, 2.75) is 72.0 Å². The summed E-state index contributed by atoms with van der Waals surface area (Å²) in [5.74, 6) is 1.09. The van der Waals surface area contributed by atoms with E-state index in [1.54, 1.807) is 11.0 Å². The van der Waals surface area contributed by atoms with Crippen LogP contribution in [0, 0.1) is 0 Å². The summed E-state index contributed by atoms with van der Waals surface area (Å²) in [6.45, 7) is 9.19. The average molecular weight is 565 g/mol. The Morgan fingerprint density at radius 3 is 2.23 bits per heavy atom. The van der Waals surface area contributed by atoms with Crippen molar-refractivity contribution in [1.82, 2.24) is 10.2 Å². The van der Waals surface area contributed by atoms with E-state index in [0.717, 1.165) is 23.1 Å². The minimum absolute atomic E-state index is 0.00487. The third kappa shape index (κ3) is 9.30. The van der Waals surface area contributed by atoms with Crippen molar-refractivity contribution in [3.05, 3.63) is 94.5 Å². The number of halogens is 1. The number of amides is 2. The molecule has 0 unspecified atom stereocenters. The van der Waals surface area contributed by atoms with Gasteiger partial charge in [0.15, 0.2) is 11.5 Å². The van der Waals surface area contributed by atoms with Gasteiger partial charge < -0.3 is 19.7 Å². The van der Waals surface area contributed by atoms with Crippen molar-refractivity contribution in [1.29, 1.82) is 0 Å². The average Bonchev–Trinajstić information content (AvgIpc) is 2.95. The standard InChI is InChI=1S/C33H41ClN2O4/c1-5-24(4)35-33(38)29(21-25-12-9-8-10-13-25)36(23-27-14-11-15-28(34)20-27)32(37)19-17-26-16-18-30(39-6-2)31(22-26)40-7-3/h8-16,18,20,22,24,29H,5-7,17,19,21,23H2,1-4H3,(H,35,38)/t24-,29-/m0/s1. The molecule has 3 aromatic carbocycles. The molecule has 3 rings (SSSR count). The Hall–Kier alpha value is -3.51. The number of hydrogen-bond acceptors (Lipinski definition) is 4. The predicted molar refractivity (Wildman–Crippen MR) is 161 cm³/mol. The number of aryl methyl sites for hydroxylation is 1. The zero-order chi connectivity index (χ0) is 28.9. The molecule has 6 nitrogen and oxygen atoms in total. The van der Waals surface area contributed by atoms with Crippen LogP contribution in [0.4, 0.5) is 0 Å². The largest absolute Gasteiger partial charge is 0.490 e. The third-order valence-electron chi connectivity index (χ3n) is 6.75. The van der Waals surface area contributed by atoms with Crippen molar-refractivity contribution < 1.29 is 19.1 Å². The van der Waals surface area contributed by atoms with Gasteiger partial charge in [-0.1, -0.05) is 67.1 Å². The number of nitrogens with one attached hydrogen (secondary N) is 1. The Labute approximate surface area is 243 Å². The summed E-state index contributed by atoms with van der Waals surface area (Å²) in [6.07, 6.45) is 1.95. The van der Waals surface area contributed by atoms with Gasteiger partial charge in [0.2, 0.25) is 11.8 Å². The number of ether oxygens (including phenoxy) is 2. The fraction of sp³-hybridized carbons (Fsp3) is 0.394. The second-order valence-corrected chi connectivity index (χ2v) is 10.3. The number of benzene rings is 3. The molecule has 0 heterocycles. The van der Waals surface area contributed by atoms with E-state index in [-0.39, 0.29) is 30.8 Å². The summed E-state index contributed by atoms with van der Waals surface area (Å²) in [4.78, 5) is 29.3.